The third-order valence-corrected chi connectivity index (χ3v) is 3.60. The number of halogens is 2. The van der Waals surface area contributed by atoms with Crippen molar-refractivity contribution in [3.63, 3.8) is 0 Å². The normalized spacial score (nSPS) is 12.4. The number of pyridine rings is 1. The molecule has 1 atom stereocenters. The standard InChI is InChI=1S/C14H14Cl2N2O/c1-8-4-10(14(17)18-7-8)13(19)6-9-2-3-11(15)12(16)5-9/h2-5,7,13,19H,6H2,1H3,(H2,17,18). The number of aliphatic hydroxyl groups excluding tert-OH is 1. The first-order valence-corrected chi connectivity index (χ1v) is 6.57. The van der Waals surface area contributed by atoms with Gasteiger partial charge >= 0.3 is 0 Å². The number of hydrogen-bond acceptors (Lipinski definition) is 3. The molecular formula is C14H14Cl2N2O. The summed E-state index contributed by atoms with van der Waals surface area (Å²) < 4.78 is 0. The number of hydrogen-bond donors (Lipinski definition) is 2. The van der Waals surface area contributed by atoms with E-state index in [4.69, 9.17) is 28.9 Å². The lowest BCUT2D eigenvalue weighted by atomic mass is 10.0. The number of nitrogens with zero attached hydrogens (tertiary/aromatic N) is 1. The zero-order valence-electron chi connectivity index (χ0n) is 10.4. The quantitative estimate of drug-likeness (QED) is 0.910. The SMILES string of the molecule is Cc1cnc(N)c(C(O)Cc2ccc(Cl)c(Cl)c2)c1. The van der Waals surface area contributed by atoms with Gasteiger partial charge < -0.3 is 10.8 Å². The Balaban J connectivity index is 2.22. The number of nitrogens with two attached hydrogens (primary N) is 1. The molecule has 2 rings (SSSR count). The van der Waals surface area contributed by atoms with E-state index in [1.807, 2.05) is 19.1 Å². The predicted molar refractivity (Wildman–Crippen MR) is 78.5 cm³/mol. The van der Waals surface area contributed by atoms with Gasteiger partial charge in [0, 0.05) is 18.2 Å². The predicted octanol–water partition coefficient (Wildman–Crippen LogP) is 3.56. The van der Waals surface area contributed by atoms with Gasteiger partial charge in [0.1, 0.15) is 5.82 Å². The van der Waals surface area contributed by atoms with Gasteiger partial charge in [0.15, 0.2) is 0 Å². The van der Waals surface area contributed by atoms with E-state index in [9.17, 15) is 5.11 Å². The maximum atomic E-state index is 10.2. The third kappa shape index (κ3) is 3.38. The second-order valence-electron chi connectivity index (χ2n) is 4.46. The van der Waals surface area contributed by atoms with Crippen LogP contribution in [0.1, 0.15) is 22.8 Å². The number of aliphatic hydroxyl groups is 1. The van der Waals surface area contributed by atoms with Gasteiger partial charge in [-0.05, 0) is 36.2 Å². The molecule has 19 heavy (non-hydrogen) atoms. The van der Waals surface area contributed by atoms with Crippen LogP contribution in [0.3, 0.4) is 0 Å². The molecule has 5 heteroatoms. The van der Waals surface area contributed by atoms with Crippen LogP contribution in [0, 0.1) is 6.92 Å². The van der Waals surface area contributed by atoms with E-state index in [1.54, 1.807) is 18.3 Å². The van der Waals surface area contributed by atoms with Gasteiger partial charge in [-0.1, -0.05) is 29.3 Å². The van der Waals surface area contributed by atoms with Crippen LogP contribution >= 0.6 is 23.2 Å². The van der Waals surface area contributed by atoms with Crippen LogP contribution in [0.5, 0.6) is 0 Å². The molecule has 100 valence electrons. The number of benzene rings is 1. The molecule has 3 nitrogen and oxygen atoms in total. The zero-order valence-corrected chi connectivity index (χ0v) is 11.9. The van der Waals surface area contributed by atoms with Crippen molar-refractivity contribution in [3.8, 4) is 0 Å². The van der Waals surface area contributed by atoms with Crippen LogP contribution in [-0.2, 0) is 6.42 Å². The topological polar surface area (TPSA) is 59.1 Å². The minimum absolute atomic E-state index is 0.346. The Kier molecular flexibility index (Phi) is 4.30. The van der Waals surface area contributed by atoms with Crippen LogP contribution in [0.15, 0.2) is 30.5 Å². The van der Waals surface area contributed by atoms with E-state index in [0.29, 0.717) is 27.8 Å². The number of nitrogen functional groups attached to an aromatic ring is 1. The first-order chi connectivity index (χ1) is 8.97. The molecule has 0 saturated carbocycles. The van der Waals surface area contributed by atoms with Gasteiger partial charge in [0.05, 0.1) is 16.1 Å². The highest BCUT2D eigenvalue weighted by atomic mass is 35.5. The lowest BCUT2D eigenvalue weighted by Gasteiger charge is -2.14. The van der Waals surface area contributed by atoms with Crippen LogP contribution in [0.4, 0.5) is 5.82 Å². The molecule has 0 fully saturated rings. The summed E-state index contributed by atoms with van der Waals surface area (Å²) in [4.78, 5) is 4.04. The average molecular weight is 297 g/mol. The maximum absolute atomic E-state index is 10.2. The van der Waals surface area contributed by atoms with Crippen LogP contribution in [0.2, 0.25) is 10.0 Å². The molecule has 2 aromatic rings. The van der Waals surface area contributed by atoms with Crippen molar-refractivity contribution in [2.24, 2.45) is 0 Å². The van der Waals surface area contributed by atoms with Crippen molar-refractivity contribution < 1.29 is 5.11 Å². The Morgan fingerprint density at radius 3 is 2.68 bits per heavy atom. The highest BCUT2D eigenvalue weighted by Crippen LogP contribution is 2.27. The summed E-state index contributed by atoms with van der Waals surface area (Å²) >= 11 is 11.8. The van der Waals surface area contributed by atoms with E-state index in [2.05, 4.69) is 4.98 Å². The van der Waals surface area contributed by atoms with Gasteiger partial charge in [0.25, 0.3) is 0 Å². The average Bonchev–Trinajstić information content (AvgIpc) is 2.36. The van der Waals surface area contributed by atoms with E-state index >= 15 is 0 Å². The molecule has 3 N–H and O–H groups in total. The van der Waals surface area contributed by atoms with E-state index in [0.717, 1.165) is 11.1 Å². The highest BCUT2D eigenvalue weighted by Gasteiger charge is 2.13. The van der Waals surface area contributed by atoms with Crippen molar-refractivity contribution in [3.05, 3.63) is 57.2 Å². The molecule has 0 aliphatic rings. The summed E-state index contributed by atoms with van der Waals surface area (Å²) in [6, 6.07) is 7.12. The first-order valence-electron chi connectivity index (χ1n) is 5.81. The van der Waals surface area contributed by atoms with Gasteiger partial charge in [-0.25, -0.2) is 4.98 Å². The molecule has 0 aliphatic heterocycles. The Bertz CT molecular complexity index is 602. The minimum atomic E-state index is -0.718. The highest BCUT2D eigenvalue weighted by molar-refractivity contribution is 6.42. The first kappa shape index (κ1) is 14.1. The molecule has 0 radical (unpaired) electrons. The van der Waals surface area contributed by atoms with Crippen molar-refractivity contribution in [2.75, 3.05) is 5.73 Å². The summed E-state index contributed by atoms with van der Waals surface area (Å²) in [7, 11) is 0. The Hall–Kier alpha value is -1.29. The fourth-order valence-electron chi connectivity index (χ4n) is 1.87. The summed E-state index contributed by atoms with van der Waals surface area (Å²) in [6.07, 6.45) is 1.36. The number of anilines is 1. The second kappa shape index (κ2) is 5.78. The molecule has 0 aliphatic carbocycles. The summed E-state index contributed by atoms with van der Waals surface area (Å²) in [5, 5.41) is 11.2. The van der Waals surface area contributed by atoms with Crippen molar-refractivity contribution in [1.29, 1.82) is 0 Å². The summed E-state index contributed by atoms with van der Waals surface area (Å²) in [5.41, 5.74) is 8.26. The van der Waals surface area contributed by atoms with Crippen LogP contribution in [-0.4, -0.2) is 10.1 Å². The van der Waals surface area contributed by atoms with Crippen LogP contribution in [0.25, 0.3) is 0 Å². The molecule has 1 aromatic carbocycles. The monoisotopic (exact) mass is 296 g/mol. The van der Waals surface area contributed by atoms with Crippen LogP contribution < -0.4 is 5.73 Å². The molecule has 1 heterocycles. The summed E-state index contributed by atoms with van der Waals surface area (Å²) in [6.45, 7) is 1.90. The third-order valence-electron chi connectivity index (χ3n) is 2.86. The smallest absolute Gasteiger partial charge is 0.129 e. The zero-order chi connectivity index (χ0) is 14.0. The van der Waals surface area contributed by atoms with E-state index in [1.165, 1.54) is 0 Å². The number of rotatable bonds is 3. The molecule has 0 bridgehead atoms. The fraction of sp³-hybridized carbons (Fsp3) is 0.214. The molecule has 0 spiro atoms. The lowest BCUT2D eigenvalue weighted by Crippen LogP contribution is -2.07. The largest absolute Gasteiger partial charge is 0.388 e. The van der Waals surface area contributed by atoms with Gasteiger partial charge in [-0.15, -0.1) is 0 Å². The molecular weight excluding hydrogens is 283 g/mol. The fourth-order valence-corrected chi connectivity index (χ4v) is 2.19. The second-order valence-corrected chi connectivity index (χ2v) is 5.27. The lowest BCUT2D eigenvalue weighted by molar-refractivity contribution is 0.179. The van der Waals surface area contributed by atoms with Gasteiger partial charge in [0.2, 0.25) is 0 Å². The Labute approximate surface area is 122 Å². The molecule has 1 aromatic heterocycles. The van der Waals surface area contributed by atoms with Crippen molar-refractivity contribution in [2.45, 2.75) is 19.4 Å². The van der Waals surface area contributed by atoms with Gasteiger partial charge in [-0.2, -0.15) is 0 Å². The van der Waals surface area contributed by atoms with Crippen molar-refractivity contribution >= 4 is 29.0 Å². The van der Waals surface area contributed by atoms with Crippen molar-refractivity contribution in [1.82, 2.24) is 4.98 Å². The minimum Gasteiger partial charge on any atom is -0.388 e. The number of aromatic nitrogens is 1. The Morgan fingerprint density at radius 1 is 1.26 bits per heavy atom. The molecule has 0 saturated heterocycles. The van der Waals surface area contributed by atoms with Gasteiger partial charge in [-0.3, -0.25) is 0 Å². The Morgan fingerprint density at radius 2 is 2.00 bits per heavy atom. The van der Waals surface area contributed by atoms with E-state index in [-0.39, 0.29) is 0 Å². The van der Waals surface area contributed by atoms with E-state index < -0.39 is 6.10 Å². The maximum Gasteiger partial charge on any atom is 0.129 e. The number of aryl methyl sites for hydroxylation is 1. The molecule has 1 unspecified atom stereocenters. The summed E-state index contributed by atoms with van der Waals surface area (Å²) in [5.74, 6) is 0.346. The molecule has 0 amide bonds.